The lowest BCUT2D eigenvalue weighted by atomic mass is 10.1. The Hall–Kier alpha value is -3.75. The van der Waals surface area contributed by atoms with Crippen molar-refractivity contribution >= 4 is 35.0 Å². The lowest BCUT2D eigenvalue weighted by molar-refractivity contribution is 0.112. The number of rotatable bonds is 10. The van der Waals surface area contributed by atoms with Crippen LogP contribution in [-0.2, 0) is 18.4 Å². The summed E-state index contributed by atoms with van der Waals surface area (Å²) in [7, 11) is 9.55. The van der Waals surface area contributed by atoms with Gasteiger partial charge in [-0.2, -0.15) is 0 Å². The van der Waals surface area contributed by atoms with E-state index < -0.39 is 0 Å². The van der Waals surface area contributed by atoms with E-state index in [2.05, 4.69) is 16.8 Å². The summed E-state index contributed by atoms with van der Waals surface area (Å²) in [5.41, 5.74) is 4.02. The normalized spacial score (nSPS) is 11.2. The van der Waals surface area contributed by atoms with E-state index >= 15 is 0 Å². The molecule has 2 heterocycles. The van der Waals surface area contributed by atoms with Crippen LogP contribution in [0.5, 0.6) is 5.75 Å². The highest BCUT2D eigenvalue weighted by Crippen LogP contribution is 2.26. The monoisotopic (exact) mass is 534 g/mol. The fraction of sp³-hybridized carbons (Fsp3) is 0.300. The summed E-state index contributed by atoms with van der Waals surface area (Å²) in [6.45, 7) is 10.5. The minimum atomic E-state index is 0.264. The van der Waals surface area contributed by atoms with Crippen LogP contribution in [0, 0.1) is 6.92 Å². The van der Waals surface area contributed by atoms with Crippen LogP contribution in [0.4, 0.5) is 0 Å². The van der Waals surface area contributed by atoms with Gasteiger partial charge in [0.1, 0.15) is 18.1 Å². The van der Waals surface area contributed by atoms with E-state index in [9.17, 15) is 4.79 Å². The number of benzene rings is 1. The molecule has 0 aliphatic heterocycles. The molecule has 3 rings (SSSR count). The summed E-state index contributed by atoms with van der Waals surface area (Å²) in [6.07, 6.45) is 8.56. The number of aldehydes is 1. The molecule has 0 atom stereocenters. The minimum absolute atomic E-state index is 0.264. The van der Waals surface area contributed by atoms with Crippen LogP contribution in [0.2, 0.25) is 0 Å². The number of hydrogen-bond acceptors (Lipinski definition) is 7. The van der Waals surface area contributed by atoms with Gasteiger partial charge in [0.15, 0.2) is 17.9 Å². The molecule has 0 saturated heterocycles. The number of nitrogens with zero attached hydrogens (tertiary/aromatic N) is 4. The van der Waals surface area contributed by atoms with Crippen LogP contribution in [0.1, 0.15) is 51.2 Å². The number of thiophene rings is 1. The molecular formula is C30H38N4O3S. The lowest BCUT2D eigenvalue weighted by Gasteiger charge is -2.13. The average molecular weight is 535 g/mol. The molecule has 0 saturated carbocycles. The van der Waals surface area contributed by atoms with E-state index in [0.29, 0.717) is 16.5 Å². The van der Waals surface area contributed by atoms with E-state index in [4.69, 9.17) is 9.47 Å². The van der Waals surface area contributed by atoms with Crippen molar-refractivity contribution in [3.8, 4) is 5.75 Å². The van der Waals surface area contributed by atoms with Gasteiger partial charge < -0.3 is 18.9 Å². The number of allylic oxidation sites excluding steroid dienone is 5. The largest absolute Gasteiger partial charge is 0.497 e. The van der Waals surface area contributed by atoms with Gasteiger partial charge in [-0.25, -0.2) is 0 Å². The average Bonchev–Trinajstić information content (AvgIpc) is 3.49. The second-order valence-corrected chi connectivity index (χ2v) is 10.4. The molecule has 1 aromatic carbocycles. The quantitative estimate of drug-likeness (QED) is 0.170. The first kappa shape index (κ1) is 30.5. The topological polar surface area (TPSA) is 69.5 Å². The molecule has 3 aromatic rings. The molecule has 0 unspecified atom stereocenters. The zero-order valence-corrected chi connectivity index (χ0v) is 24.4. The molecule has 7 nitrogen and oxygen atoms in total. The van der Waals surface area contributed by atoms with Gasteiger partial charge in [-0.05, 0) is 95.5 Å². The van der Waals surface area contributed by atoms with E-state index in [1.54, 1.807) is 13.2 Å². The first-order chi connectivity index (χ1) is 18.0. The molecule has 2 aromatic heterocycles. The SMILES string of the molecule is C=C(/C=C\c1nnc(CO/C(=C/C=C(C)C)c2ccc(OC)cc2C)n1C)c1ccc(C=O)s1.CN(C)C. The third-order valence-corrected chi connectivity index (χ3v) is 6.20. The molecule has 0 N–H and O–H groups in total. The van der Waals surface area contributed by atoms with Crippen molar-refractivity contribution in [2.24, 2.45) is 7.05 Å². The van der Waals surface area contributed by atoms with Gasteiger partial charge in [-0.3, -0.25) is 4.79 Å². The van der Waals surface area contributed by atoms with Crippen molar-refractivity contribution in [2.75, 3.05) is 28.3 Å². The Morgan fingerprint density at radius 2 is 1.84 bits per heavy atom. The van der Waals surface area contributed by atoms with Gasteiger partial charge >= 0.3 is 0 Å². The molecule has 0 aliphatic rings. The molecule has 38 heavy (non-hydrogen) atoms. The van der Waals surface area contributed by atoms with Crippen LogP contribution >= 0.6 is 11.3 Å². The Labute approximate surface area is 230 Å². The number of aromatic nitrogens is 3. The number of hydrogen-bond donors (Lipinski definition) is 0. The zero-order chi connectivity index (χ0) is 28.2. The lowest BCUT2D eigenvalue weighted by Crippen LogP contribution is -2.03. The molecule has 0 radical (unpaired) electrons. The van der Waals surface area contributed by atoms with E-state index in [0.717, 1.165) is 39.4 Å². The number of methoxy groups -OCH3 is 1. The predicted molar refractivity (Wildman–Crippen MR) is 158 cm³/mol. The van der Waals surface area contributed by atoms with Gasteiger partial charge in [0, 0.05) is 17.5 Å². The molecule has 0 bridgehead atoms. The molecule has 0 spiro atoms. The molecule has 0 amide bonds. The number of aryl methyl sites for hydroxylation is 1. The Morgan fingerprint density at radius 3 is 2.42 bits per heavy atom. The Kier molecular flexibility index (Phi) is 11.9. The van der Waals surface area contributed by atoms with E-state index in [1.165, 1.54) is 16.9 Å². The van der Waals surface area contributed by atoms with E-state index in [1.807, 2.05) is 107 Å². The second kappa shape index (κ2) is 14.9. The molecule has 0 fully saturated rings. The molecule has 0 aliphatic carbocycles. The molecular weight excluding hydrogens is 496 g/mol. The highest BCUT2D eigenvalue weighted by Gasteiger charge is 2.12. The second-order valence-electron chi connectivity index (χ2n) is 9.30. The first-order valence-corrected chi connectivity index (χ1v) is 12.9. The van der Waals surface area contributed by atoms with Crippen LogP contribution in [0.25, 0.3) is 17.4 Å². The Morgan fingerprint density at radius 1 is 1.13 bits per heavy atom. The fourth-order valence-corrected chi connectivity index (χ4v) is 3.91. The third-order valence-electron chi connectivity index (χ3n) is 5.12. The maximum atomic E-state index is 10.9. The molecule has 8 heteroatoms. The maximum absolute atomic E-state index is 10.9. The van der Waals surface area contributed by atoms with Gasteiger partial charge in [0.2, 0.25) is 0 Å². The van der Waals surface area contributed by atoms with Crippen molar-refractivity contribution in [2.45, 2.75) is 27.4 Å². The van der Waals surface area contributed by atoms with Crippen LogP contribution < -0.4 is 4.74 Å². The highest BCUT2D eigenvalue weighted by molar-refractivity contribution is 7.14. The Bertz CT molecular complexity index is 1320. The van der Waals surface area contributed by atoms with Crippen molar-refractivity contribution < 1.29 is 14.3 Å². The number of carbonyl (C=O) groups is 1. The third kappa shape index (κ3) is 9.28. The Balaban J connectivity index is 0.00000118. The minimum Gasteiger partial charge on any atom is -0.497 e. The zero-order valence-electron chi connectivity index (χ0n) is 23.6. The van der Waals surface area contributed by atoms with Gasteiger partial charge in [0.05, 0.1) is 12.0 Å². The van der Waals surface area contributed by atoms with Crippen molar-refractivity contribution in [1.29, 1.82) is 0 Å². The number of ether oxygens (including phenoxy) is 2. The summed E-state index contributed by atoms with van der Waals surface area (Å²) < 4.78 is 13.4. The first-order valence-electron chi connectivity index (χ1n) is 12.1. The number of carbonyl (C=O) groups excluding carboxylic acids is 1. The fourth-order valence-electron chi connectivity index (χ4n) is 3.13. The summed E-state index contributed by atoms with van der Waals surface area (Å²) in [5.74, 6) is 2.93. The standard InChI is InChI=1S/C27H29N3O3S.C3H9N/c1-18(2)7-12-24(23-11-9-21(32-6)15-20(23)4)33-17-27-29-28-26(30(27)5)14-8-19(3)25-13-10-22(16-31)34-25;1-4(2)3/h7-16H,3,17H2,1-2,4-6H3;1-3H3/b14-8-,24-12+;. The van der Waals surface area contributed by atoms with Gasteiger partial charge in [-0.1, -0.05) is 24.3 Å². The summed E-state index contributed by atoms with van der Waals surface area (Å²) in [5, 5.41) is 8.57. The summed E-state index contributed by atoms with van der Waals surface area (Å²) in [4.78, 5) is 14.5. The van der Waals surface area contributed by atoms with E-state index in [-0.39, 0.29) is 6.61 Å². The van der Waals surface area contributed by atoms with Crippen molar-refractivity contribution in [3.63, 3.8) is 0 Å². The van der Waals surface area contributed by atoms with Crippen LogP contribution in [0.3, 0.4) is 0 Å². The summed E-state index contributed by atoms with van der Waals surface area (Å²) in [6, 6.07) is 9.58. The van der Waals surface area contributed by atoms with Crippen LogP contribution in [0.15, 0.2) is 60.7 Å². The van der Waals surface area contributed by atoms with Crippen LogP contribution in [-0.4, -0.2) is 54.2 Å². The molecule has 202 valence electrons. The maximum Gasteiger partial charge on any atom is 0.171 e. The summed E-state index contributed by atoms with van der Waals surface area (Å²) >= 11 is 1.40. The van der Waals surface area contributed by atoms with Gasteiger partial charge in [-0.15, -0.1) is 21.5 Å². The predicted octanol–water partition coefficient (Wildman–Crippen LogP) is 6.43. The van der Waals surface area contributed by atoms with Crippen molar-refractivity contribution in [3.05, 3.63) is 93.2 Å². The van der Waals surface area contributed by atoms with Crippen molar-refractivity contribution in [1.82, 2.24) is 19.7 Å². The van der Waals surface area contributed by atoms with Gasteiger partial charge in [0.25, 0.3) is 0 Å². The smallest absolute Gasteiger partial charge is 0.171 e. The highest BCUT2D eigenvalue weighted by atomic mass is 32.1.